The third-order valence-electron chi connectivity index (χ3n) is 6.09. The van der Waals surface area contributed by atoms with Crippen LogP contribution < -0.4 is 10.1 Å². The lowest BCUT2D eigenvalue weighted by atomic mass is 10.0. The van der Waals surface area contributed by atoms with E-state index in [4.69, 9.17) is 16.1 Å². The first-order chi connectivity index (χ1) is 16.6. The third-order valence-corrected chi connectivity index (χ3v) is 6.09. The highest BCUT2D eigenvalue weighted by Gasteiger charge is 2.45. The molecule has 1 fully saturated rings. The van der Waals surface area contributed by atoms with Gasteiger partial charge in [-0.3, -0.25) is 4.79 Å². The van der Waals surface area contributed by atoms with Gasteiger partial charge in [-0.1, -0.05) is 42.3 Å². The SMILES string of the molecule is C#Cc1ccc(C(=O)NC2(c3ccc(-c4cccc(-c5cccc(OC)n5)n4)cc3)CC2)cc1. The number of hydrogen-bond acceptors (Lipinski definition) is 4. The van der Waals surface area contributed by atoms with Gasteiger partial charge in [-0.25, -0.2) is 9.97 Å². The Bertz CT molecular complexity index is 1380. The van der Waals surface area contributed by atoms with Gasteiger partial charge in [0.15, 0.2) is 0 Å². The molecule has 0 aliphatic heterocycles. The Morgan fingerprint density at radius 2 is 1.53 bits per heavy atom. The van der Waals surface area contributed by atoms with E-state index in [0.29, 0.717) is 11.4 Å². The molecule has 34 heavy (non-hydrogen) atoms. The number of aromatic nitrogens is 2. The van der Waals surface area contributed by atoms with Gasteiger partial charge < -0.3 is 10.1 Å². The number of pyridine rings is 2. The van der Waals surface area contributed by atoms with Crippen LogP contribution in [0.5, 0.6) is 5.88 Å². The fourth-order valence-electron chi connectivity index (χ4n) is 3.99. The first-order valence-corrected chi connectivity index (χ1v) is 11.1. The van der Waals surface area contributed by atoms with E-state index in [1.165, 1.54) is 0 Å². The van der Waals surface area contributed by atoms with Gasteiger partial charge in [-0.2, -0.15) is 0 Å². The van der Waals surface area contributed by atoms with Crippen molar-refractivity contribution in [2.75, 3.05) is 7.11 Å². The van der Waals surface area contributed by atoms with Crippen molar-refractivity contribution in [1.29, 1.82) is 0 Å². The van der Waals surface area contributed by atoms with E-state index in [2.05, 4.69) is 28.4 Å². The summed E-state index contributed by atoms with van der Waals surface area (Å²) in [7, 11) is 1.60. The number of terminal acetylenes is 1. The van der Waals surface area contributed by atoms with Gasteiger partial charge in [-0.05, 0) is 60.9 Å². The number of carbonyl (C=O) groups is 1. The van der Waals surface area contributed by atoms with Crippen LogP contribution >= 0.6 is 0 Å². The van der Waals surface area contributed by atoms with Gasteiger partial charge in [0.05, 0.1) is 29.7 Å². The predicted octanol–water partition coefficient (Wildman–Crippen LogP) is 5.22. The van der Waals surface area contributed by atoms with E-state index in [1.54, 1.807) is 31.4 Å². The van der Waals surface area contributed by atoms with Gasteiger partial charge in [0, 0.05) is 22.8 Å². The molecule has 2 aromatic heterocycles. The normalized spacial score (nSPS) is 13.5. The molecule has 166 valence electrons. The molecule has 1 amide bonds. The van der Waals surface area contributed by atoms with E-state index in [1.807, 2.05) is 48.5 Å². The maximum Gasteiger partial charge on any atom is 0.251 e. The zero-order valence-corrected chi connectivity index (χ0v) is 18.8. The minimum absolute atomic E-state index is 0.0923. The average molecular weight is 446 g/mol. The van der Waals surface area contributed by atoms with Gasteiger partial charge in [0.1, 0.15) is 0 Å². The number of nitrogens with zero attached hydrogens (tertiary/aromatic N) is 2. The number of rotatable bonds is 6. The number of benzene rings is 2. The quantitative estimate of drug-likeness (QED) is 0.413. The second-order valence-electron chi connectivity index (χ2n) is 8.31. The lowest BCUT2D eigenvalue weighted by Gasteiger charge is -2.18. The molecule has 5 heteroatoms. The van der Waals surface area contributed by atoms with E-state index >= 15 is 0 Å². The molecule has 0 spiro atoms. The van der Waals surface area contributed by atoms with Crippen molar-refractivity contribution in [3.63, 3.8) is 0 Å². The Labute approximate surface area is 198 Å². The molecule has 5 rings (SSSR count). The summed E-state index contributed by atoms with van der Waals surface area (Å²) < 4.78 is 5.23. The van der Waals surface area contributed by atoms with Crippen molar-refractivity contribution in [1.82, 2.24) is 15.3 Å². The Morgan fingerprint density at radius 1 is 0.882 bits per heavy atom. The van der Waals surface area contributed by atoms with Crippen molar-refractivity contribution < 1.29 is 9.53 Å². The number of nitrogens with one attached hydrogen (secondary N) is 1. The molecule has 1 saturated carbocycles. The molecule has 0 radical (unpaired) electrons. The van der Waals surface area contributed by atoms with Gasteiger partial charge in [0.2, 0.25) is 5.88 Å². The third kappa shape index (κ3) is 4.26. The van der Waals surface area contributed by atoms with Crippen LogP contribution in [-0.2, 0) is 5.54 Å². The van der Waals surface area contributed by atoms with Crippen LogP contribution in [0, 0.1) is 12.3 Å². The van der Waals surface area contributed by atoms with Crippen molar-refractivity contribution >= 4 is 5.91 Å². The van der Waals surface area contributed by atoms with Crippen LogP contribution in [0.15, 0.2) is 84.9 Å². The van der Waals surface area contributed by atoms with Crippen molar-refractivity contribution in [2.24, 2.45) is 0 Å². The Kier molecular flexibility index (Phi) is 5.57. The molecule has 1 N–H and O–H groups in total. The monoisotopic (exact) mass is 445 g/mol. The van der Waals surface area contributed by atoms with E-state index in [9.17, 15) is 4.79 Å². The zero-order chi connectivity index (χ0) is 23.5. The van der Waals surface area contributed by atoms with Gasteiger partial charge in [-0.15, -0.1) is 6.42 Å². The first kappa shape index (κ1) is 21.4. The summed E-state index contributed by atoms with van der Waals surface area (Å²) in [5.41, 5.74) is 5.53. The van der Waals surface area contributed by atoms with Crippen LogP contribution in [0.25, 0.3) is 22.6 Å². The number of hydrogen-bond donors (Lipinski definition) is 1. The summed E-state index contributed by atoms with van der Waals surface area (Å²) in [5.74, 6) is 3.03. The fourth-order valence-corrected chi connectivity index (χ4v) is 3.99. The lowest BCUT2D eigenvalue weighted by molar-refractivity contribution is 0.0931. The summed E-state index contributed by atoms with van der Waals surface area (Å²) in [6.45, 7) is 0. The molecule has 4 aromatic rings. The Morgan fingerprint density at radius 3 is 2.18 bits per heavy atom. The highest BCUT2D eigenvalue weighted by molar-refractivity contribution is 5.95. The zero-order valence-electron chi connectivity index (χ0n) is 18.8. The van der Waals surface area contributed by atoms with Crippen molar-refractivity contribution in [2.45, 2.75) is 18.4 Å². The van der Waals surface area contributed by atoms with Gasteiger partial charge >= 0.3 is 0 Å². The average Bonchev–Trinajstić information content (AvgIpc) is 3.69. The van der Waals surface area contributed by atoms with Gasteiger partial charge in [0.25, 0.3) is 5.91 Å². The summed E-state index contributed by atoms with van der Waals surface area (Å²) in [6, 6.07) is 26.8. The van der Waals surface area contributed by atoms with Crippen LogP contribution in [-0.4, -0.2) is 23.0 Å². The lowest BCUT2D eigenvalue weighted by Crippen LogP contribution is -2.34. The molecule has 2 heterocycles. The highest BCUT2D eigenvalue weighted by Crippen LogP contribution is 2.46. The van der Waals surface area contributed by atoms with Crippen LogP contribution in [0.1, 0.15) is 34.3 Å². The van der Waals surface area contributed by atoms with E-state index in [0.717, 1.165) is 46.6 Å². The molecular weight excluding hydrogens is 422 g/mol. The fraction of sp³-hybridized carbons (Fsp3) is 0.138. The minimum Gasteiger partial charge on any atom is -0.481 e. The summed E-state index contributed by atoms with van der Waals surface area (Å²) >= 11 is 0. The molecule has 2 aromatic carbocycles. The molecule has 0 atom stereocenters. The maximum absolute atomic E-state index is 12.8. The van der Waals surface area contributed by atoms with E-state index in [-0.39, 0.29) is 11.4 Å². The van der Waals surface area contributed by atoms with Crippen molar-refractivity contribution in [3.05, 3.63) is 102 Å². The summed E-state index contributed by atoms with van der Waals surface area (Å²) in [6.07, 6.45) is 7.23. The minimum atomic E-state index is -0.319. The topological polar surface area (TPSA) is 64.1 Å². The summed E-state index contributed by atoms with van der Waals surface area (Å²) in [5, 5.41) is 3.21. The highest BCUT2D eigenvalue weighted by atomic mass is 16.5. The number of methoxy groups -OCH3 is 1. The maximum atomic E-state index is 12.8. The Balaban J connectivity index is 1.34. The smallest absolute Gasteiger partial charge is 0.251 e. The van der Waals surface area contributed by atoms with Crippen LogP contribution in [0.4, 0.5) is 0 Å². The number of ether oxygens (including phenoxy) is 1. The van der Waals surface area contributed by atoms with Crippen molar-refractivity contribution in [3.8, 4) is 40.9 Å². The van der Waals surface area contributed by atoms with Crippen LogP contribution in [0.2, 0.25) is 0 Å². The first-order valence-electron chi connectivity index (χ1n) is 11.1. The Hall–Kier alpha value is -4.43. The number of carbonyl (C=O) groups excluding carboxylic acids is 1. The number of amides is 1. The summed E-state index contributed by atoms with van der Waals surface area (Å²) in [4.78, 5) is 22.1. The molecule has 0 bridgehead atoms. The second kappa shape index (κ2) is 8.84. The van der Waals surface area contributed by atoms with E-state index < -0.39 is 0 Å². The standard InChI is InChI=1S/C29H23N3O2/c1-3-20-10-12-22(13-11-20)28(33)32-29(18-19-29)23-16-14-21(15-17-23)24-6-4-7-25(30-24)26-8-5-9-27(31-26)34-2/h1,4-17H,18-19H2,2H3,(H,32,33). The largest absolute Gasteiger partial charge is 0.481 e. The molecule has 0 saturated heterocycles. The molecular formula is C29H23N3O2. The molecule has 0 unspecified atom stereocenters. The second-order valence-corrected chi connectivity index (χ2v) is 8.31. The predicted molar refractivity (Wildman–Crippen MR) is 132 cm³/mol. The van der Waals surface area contributed by atoms with Crippen LogP contribution in [0.3, 0.4) is 0 Å². The molecule has 1 aliphatic rings. The molecule has 5 nitrogen and oxygen atoms in total. The molecule has 1 aliphatic carbocycles.